The molecule has 1 aliphatic heterocycles. The third-order valence-electron chi connectivity index (χ3n) is 12.4. The smallest absolute Gasteiger partial charge is 0.220 e. The summed E-state index contributed by atoms with van der Waals surface area (Å²) in [5.41, 5.74) is 0. The highest BCUT2D eigenvalue weighted by atomic mass is 16.7. The molecule has 0 bridgehead atoms. The average molecular weight is 1010 g/mol. The molecule has 7 unspecified atom stereocenters. The third kappa shape index (κ3) is 41.1. The maximum absolute atomic E-state index is 13.0. The molecule has 1 saturated heterocycles. The zero-order chi connectivity index (χ0) is 52.9. The van der Waals surface area contributed by atoms with Gasteiger partial charge in [-0.05, 0) is 109 Å². The van der Waals surface area contributed by atoms with Gasteiger partial charge in [-0.15, -0.1) is 0 Å². The minimum atomic E-state index is -1.59. The number of aliphatic hydroxyl groups is 5. The van der Waals surface area contributed by atoms with Crippen molar-refractivity contribution in [2.24, 2.45) is 0 Å². The quantitative estimate of drug-likeness (QED) is 0.0261. The fraction of sp³-hybridized carbons (Fsp3) is 0.609. The van der Waals surface area contributed by atoms with Crippen LogP contribution in [0.3, 0.4) is 0 Å². The normalized spacial score (nSPS) is 20.2. The zero-order valence-electron chi connectivity index (χ0n) is 45.6. The van der Waals surface area contributed by atoms with E-state index in [9.17, 15) is 30.3 Å². The Morgan fingerprint density at radius 2 is 0.863 bits per heavy atom. The van der Waals surface area contributed by atoms with Gasteiger partial charge in [-0.25, -0.2) is 0 Å². The number of unbranched alkanes of at least 4 members (excludes halogenated alkanes) is 14. The van der Waals surface area contributed by atoms with E-state index in [1.807, 2.05) is 6.08 Å². The number of allylic oxidation sites excluding steroid dienone is 23. The molecule has 0 spiro atoms. The first-order chi connectivity index (χ1) is 35.8. The second-order valence-corrected chi connectivity index (χ2v) is 19.0. The molecular formula is C64H103NO8. The van der Waals surface area contributed by atoms with E-state index < -0.39 is 49.5 Å². The van der Waals surface area contributed by atoms with Crippen molar-refractivity contribution < 1.29 is 39.8 Å². The second-order valence-electron chi connectivity index (χ2n) is 19.0. The van der Waals surface area contributed by atoms with Gasteiger partial charge in [0, 0.05) is 6.42 Å². The number of carbonyl (C=O) groups is 1. The van der Waals surface area contributed by atoms with Crippen molar-refractivity contribution in [1.82, 2.24) is 5.32 Å². The van der Waals surface area contributed by atoms with Crippen molar-refractivity contribution >= 4 is 5.91 Å². The minimum absolute atomic E-state index is 0.229. The highest BCUT2D eigenvalue weighted by Gasteiger charge is 2.44. The summed E-state index contributed by atoms with van der Waals surface area (Å²) < 4.78 is 11.2. The van der Waals surface area contributed by atoms with Gasteiger partial charge in [-0.2, -0.15) is 0 Å². The molecule has 1 rings (SSSR count). The lowest BCUT2D eigenvalue weighted by Gasteiger charge is -2.40. The van der Waals surface area contributed by atoms with E-state index in [1.54, 1.807) is 6.08 Å². The van der Waals surface area contributed by atoms with Crippen molar-refractivity contribution in [1.29, 1.82) is 0 Å². The van der Waals surface area contributed by atoms with Gasteiger partial charge in [0.25, 0.3) is 0 Å². The molecular weight excluding hydrogens is 911 g/mol. The summed E-state index contributed by atoms with van der Waals surface area (Å²) >= 11 is 0. The number of aliphatic hydroxyl groups excluding tert-OH is 5. The topological polar surface area (TPSA) is 149 Å². The van der Waals surface area contributed by atoms with E-state index in [0.29, 0.717) is 6.42 Å². The van der Waals surface area contributed by atoms with Crippen LogP contribution in [-0.4, -0.2) is 87.5 Å². The molecule has 0 radical (unpaired) electrons. The molecule has 1 aliphatic rings. The van der Waals surface area contributed by atoms with Gasteiger partial charge in [0.05, 0.1) is 25.4 Å². The lowest BCUT2D eigenvalue weighted by Crippen LogP contribution is -2.60. The standard InChI is InChI=1S/C64H103NO8/c1-3-5-7-9-11-13-15-17-19-21-22-23-24-25-26-27-28-29-30-31-32-33-34-35-36-38-40-42-44-46-48-50-52-54-60(68)65-57(56-72-64-63(71)62(70)61(69)59(55-66)73-64)58(67)53-51-49-47-45-43-41-39-37-20-18-16-14-12-10-8-6-4-2/h5,7,11,13,17,19,22-23,25-26,28-29,31-32,34-35,38,40,43-46,51,53,57-59,61-64,66-67,69-71H,3-4,6,8-10,12,14-16,18,20-21,24,27,30,33,36-37,39,41-42,47-50,52,54-56H2,1-2H3,(H,65,68)/b7-5-,13-11-,19-17-,23-22-,26-25-,29-28-,32-31-,35-34-,40-38-,45-43+,46-44-,53-51+. The van der Waals surface area contributed by atoms with Gasteiger partial charge in [0.15, 0.2) is 6.29 Å². The van der Waals surface area contributed by atoms with Gasteiger partial charge in [-0.3, -0.25) is 4.79 Å². The van der Waals surface area contributed by atoms with Gasteiger partial charge in [0.1, 0.15) is 24.4 Å². The number of carbonyl (C=O) groups excluding carboxylic acids is 1. The predicted molar refractivity (Wildman–Crippen MR) is 308 cm³/mol. The Morgan fingerprint density at radius 1 is 0.479 bits per heavy atom. The van der Waals surface area contributed by atoms with Crippen LogP contribution >= 0.6 is 0 Å². The van der Waals surface area contributed by atoms with Crippen LogP contribution in [0.5, 0.6) is 0 Å². The average Bonchev–Trinajstić information content (AvgIpc) is 3.39. The Hall–Kier alpha value is -3.93. The maximum Gasteiger partial charge on any atom is 0.220 e. The number of nitrogens with one attached hydrogen (secondary N) is 1. The molecule has 0 aromatic rings. The van der Waals surface area contributed by atoms with Crippen molar-refractivity contribution in [2.45, 2.75) is 236 Å². The fourth-order valence-electron chi connectivity index (χ4n) is 7.90. The van der Waals surface area contributed by atoms with Crippen molar-refractivity contribution in [2.75, 3.05) is 13.2 Å². The van der Waals surface area contributed by atoms with Crippen molar-refractivity contribution in [3.8, 4) is 0 Å². The molecule has 1 heterocycles. The molecule has 0 aromatic heterocycles. The van der Waals surface area contributed by atoms with E-state index >= 15 is 0 Å². The lowest BCUT2D eigenvalue weighted by atomic mass is 9.99. The zero-order valence-corrected chi connectivity index (χ0v) is 45.6. The molecule has 9 nitrogen and oxygen atoms in total. The number of ether oxygens (including phenoxy) is 2. The Balaban J connectivity index is 2.30. The third-order valence-corrected chi connectivity index (χ3v) is 12.4. The number of hydrogen-bond acceptors (Lipinski definition) is 8. The molecule has 7 atom stereocenters. The van der Waals surface area contributed by atoms with Gasteiger partial charge < -0.3 is 40.3 Å². The molecule has 1 amide bonds. The molecule has 0 saturated carbocycles. The number of rotatable bonds is 46. The largest absolute Gasteiger partial charge is 0.394 e. The van der Waals surface area contributed by atoms with E-state index in [4.69, 9.17) is 9.47 Å². The first-order valence-corrected chi connectivity index (χ1v) is 28.6. The van der Waals surface area contributed by atoms with Crippen molar-refractivity contribution in [3.05, 3.63) is 146 Å². The molecule has 0 aliphatic carbocycles. The lowest BCUT2D eigenvalue weighted by molar-refractivity contribution is -0.302. The van der Waals surface area contributed by atoms with Crippen LogP contribution in [0.4, 0.5) is 0 Å². The van der Waals surface area contributed by atoms with E-state index in [0.717, 1.165) is 96.3 Å². The van der Waals surface area contributed by atoms with Crippen LogP contribution in [0.2, 0.25) is 0 Å². The Labute approximate surface area is 444 Å². The number of amides is 1. The molecule has 0 aromatic carbocycles. The van der Waals surface area contributed by atoms with Crippen LogP contribution in [-0.2, 0) is 14.3 Å². The monoisotopic (exact) mass is 1010 g/mol. The molecule has 9 heteroatoms. The minimum Gasteiger partial charge on any atom is -0.394 e. The summed E-state index contributed by atoms with van der Waals surface area (Å²) in [7, 11) is 0. The molecule has 1 fully saturated rings. The van der Waals surface area contributed by atoms with Crippen LogP contribution in [0.1, 0.15) is 194 Å². The Kier molecular flexibility index (Phi) is 47.4. The van der Waals surface area contributed by atoms with Gasteiger partial charge in [-0.1, -0.05) is 224 Å². The van der Waals surface area contributed by atoms with Crippen LogP contribution in [0.15, 0.2) is 146 Å². The highest BCUT2D eigenvalue weighted by Crippen LogP contribution is 2.22. The second kappa shape index (κ2) is 51.6. The van der Waals surface area contributed by atoms with Crippen LogP contribution in [0.25, 0.3) is 0 Å². The summed E-state index contributed by atoms with van der Waals surface area (Å²) in [5.74, 6) is -0.236. The maximum atomic E-state index is 13.0. The highest BCUT2D eigenvalue weighted by molar-refractivity contribution is 5.76. The Morgan fingerprint density at radius 3 is 1.32 bits per heavy atom. The summed E-state index contributed by atoms with van der Waals surface area (Å²) in [6.45, 7) is 3.60. The first kappa shape index (κ1) is 67.1. The van der Waals surface area contributed by atoms with Crippen LogP contribution < -0.4 is 5.32 Å². The summed E-state index contributed by atoms with van der Waals surface area (Å²) in [4.78, 5) is 13.0. The SMILES string of the molecule is CC/C=C\C/C=C\C/C=C\C/C=C\C/C=C\C/C=C\C/C=C\C/C=C\C/C=C\C/C=C\CCCCC(=O)NC(COC1OC(CO)C(O)C(O)C1O)C(O)/C=C/CC/C=C/CCCCCCCCCCCCC. The Bertz CT molecular complexity index is 1650. The number of hydrogen-bond donors (Lipinski definition) is 6. The summed E-state index contributed by atoms with van der Waals surface area (Å²) in [6, 6.07) is -0.857. The fourth-order valence-corrected chi connectivity index (χ4v) is 7.90. The molecule has 412 valence electrons. The first-order valence-electron chi connectivity index (χ1n) is 28.6. The van der Waals surface area contributed by atoms with Gasteiger partial charge >= 0.3 is 0 Å². The summed E-state index contributed by atoms with van der Waals surface area (Å²) in [6.07, 6.45) is 73.4. The van der Waals surface area contributed by atoms with Crippen molar-refractivity contribution in [3.63, 3.8) is 0 Å². The van der Waals surface area contributed by atoms with Crippen LogP contribution in [0, 0.1) is 0 Å². The molecule has 73 heavy (non-hydrogen) atoms. The van der Waals surface area contributed by atoms with E-state index in [2.05, 4.69) is 153 Å². The van der Waals surface area contributed by atoms with E-state index in [1.165, 1.54) is 70.6 Å². The van der Waals surface area contributed by atoms with E-state index in [-0.39, 0.29) is 18.9 Å². The predicted octanol–water partition coefficient (Wildman–Crippen LogP) is 14.3. The molecule has 6 N–H and O–H groups in total. The van der Waals surface area contributed by atoms with Gasteiger partial charge in [0.2, 0.25) is 5.91 Å². The summed E-state index contributed by atoms with van der Waals surface area (Å²) in [5, 5.41) is 54.4.